The van der Waals surface area contributed by atoms with Crippen molar-refractivity contribution < 1.29 is 4.79 Å². The predicted molar refractivity (Wildman–Crippen MR) is 79.7 cm³/mol. The second kappa shape index (κ2) is 12.7. The van der Waals surface area contributed by atoms with E-state index in [4.69, 9.17) is 0 Å². The lowest BCUT2D eigenvalue weighted by Gasteiger charge is -2.18. The summed E-state index contributed by atoms with van der Waals surface area (Å²) >= 11 is 0. The largest absolute Gasteiger partial charge is 0.343 e. The Labute approximate surface area is 113 Å². The average Bonchev–Trinajstić information content (AvgIpc) is 2.38. The van der Waals surface area contributed by atoms with Gasteiger partial charge in [-0.05, 0) is 39.5 Å². The van der Waals surface area contributed by atoms with Crippen molar-refractivity contribution in [3.05, 3.63) is 12.2 Å². The SMILES string of the molecule is CC/C=C/CCCCCCCC(=O)N(CC)CC. The number of carbonyl (C=O) groups excluding carboxylic acids is 1. The molecule has 0 aromatic rings. The summed E-state index contributed by atoms with van der Waals surface area (Å²) in [7, 11) is 0. The average molecular weight is 253 g/mol. The Hall–Kier alpha value is -0.790. The second-order valence-electron chi connectivity index (χ2n) is 4.75. The van der Waals surface area contributed by atoms with Gasteiger partial charge in [0.25, 0.3) is 0 Å². The molecule has 0 aromatic carbocycles. The van der Waals surface area contributed by atoms with Crippen molar-refractivity contribution in [3.8, 4) is 0 Å². The summed E-state index contributed by atoms with van der Waals surface area (Å²) in [5.41, 5.74) is 0. The maximum atomic E-state index is 11.7. The fourth-order valence-corrected chi connectivity index (χ4v) is 2.09. The van der Waals surface area contributed by atoms with Crippen LogP contribution in [0.25, 0.3) is 0 Å². The summed E-state index contributed by atoms with van der Waals surface area (Å²) in [5, 5.41) is 0. The molecule has 0 N–H and O–H groups in total. The van der Waals surface area contributed by atoms with Crippen LogP contribution in [-0.4, -0.2) is 23.9 Å². The molecule has 0 saturated carbocycles. The molecule has 0 saturated heterocycles. The number of carbonyl (C=O) groups is 1. The molecule has 0 aromatic heterocycles. The smallest absolute Gasteiger partial charge is 0.222 e. The first-order valence-electron chi connectivity index (χ1n) is 7.68. The van der Waals surface area contributed by atoms with Crippen molar-refractivity contribution in [2.75, 3.05) is 13.1 Å². The van der Waals surface area contributed by atoms with Crippen LogP contribution < -0.4 is 0 Å². The van der Waals surface area contributed by atoms with Gasteiger partial charge in [-0.25, -0.2) is 0 Å². The van der Waals surface area contributed by atoms with Crippen LogP contribution in [0.4, 0.5) is 0 Å². The van der Waals surface area contributed by atoms with Crippen LogP contribution in [0.3, 0.4) is 0 Å². The van der Waals surface area contributed by atoms with Crippen LogP contribution in [-0.2, 0) is 4.79 Å². The fraction of sp³-hybridized carbons (Fsp3) is 0.812. The molecule has 18 heavy (non-hydrogen) atoms. The standard InChI is InChI=1S/C16H31NO/c1-4-7-8-9-10-11-12-13-14-15-16(18)17(5-2)6-3/h7-8H,4-6,9-15H2,1-3H3/b8-7+. The number of rotatable bonds is 11. The Morgan fingerprint density at radius 1 is 0.889 bits per heavy atom. The number of hydrogen-bond acceptors (Lipinski definition) is 1. The van der Waals surface area contributed by atoms with Gasteiger partial charge in [0.15, 0.2) is 0 Å². The fourth-order valence-electron chi connectivity index (χ4n) is 2.09. The van der Waals surface area contributed by atoms with Crippen molar-refractivity contribution in [1.29, 1.82) is 0 Å². The number of hydrogen-bond donors (Lipinski definition) is 0. The first kappa shape index (κ1) is 17.2. The Bertz CT molecular complexity index is 219. The van der Waals surface area contributed by atoms with Crippen molar-refractivity contribution in [2.45, 2.75) is 72.1 Å². The van der Waals surface area contributed by atoms with Gasteiger partial charge in [-0.2, -0.15) is 0 Å². The molecule has 0 aliphatic heterocycles. The molecule has 0 spiro atoms. The van der Waals surface area contributed by atoms with Crippen LogP contribution in [0, 0.1) is 0 Å². The zero-order chi connectivity index (χ0) is 13.6. The van der Waals surface area contributed by atoms with E-state index in [-0.39, 0.29) is 0 Å². The molecule has 0 fully saturated rings. The molecule has 2 nitrogen and oxygen atoms in total. The molecule has 2 heteroatoms. The highest BCUT2D eigenvalue weighted by atomic mass is 16.2. The summed E-state index contributed by atoms with van der Waals surface area (Å²) in [6.07, 6.45) is 13.7. The van der Waals surface area contributed by atoms with Crippen LogP contribution in [0.1, 0.15) is 72.1 Å². The third-order valence-corrected chi connectivity index (χ3v) is 3.28. The van der Waals surface area contributed by atoms with Crippen LogP contribution in [0.15, 0.2) is 12.2 Å². The normalized spacial score (nSPS) is 11.1. The monoisotopic (exact) mass is 253 g/mol. The Morgan fingerprint density at radius 2 is 1.50 bits per heavy atom. The quantitative estimate of drug-likeness (QED) is 0.391. The van der Waals surface area contributed by atoms with E-state index in [1.807, 2.05) is 18.7 Å². The minimum atomic E-state index is 0.325. The zero-order valence-electron chi connectivity index (χ0n) is 12.6. The highest BCUT2D eigenvalue weighted by Gasteiger charge is 2.07. The minimum absolute atomic E-state index is 0.325. The molecule has 0 unspecified atom stereocenters. The maximum Gasteiger partial charge on any atom is 0.222 e. The van der Waals surface area contributed by atoms with Crippen LogP contribution in [0.5, 0.6) is 0 Å². The summed E-state index contributed by atoms with van der Waals surface area (Å²) in [6.45, 7) is 7.96. The third kappa shape index (κ3) is 9.26. The first-order chi connectivity index (χ1) is 8.76. The molecule has 0 aliphatic carbocycles. The topological polar surface area (TPSA) is 20.3 Å². The molecular formula is C16H31NO. The van der Waals surface area contributed by atoms with Gasteiger partial charge >= 0.3 is 0 Å². The van der Waals surface area contributed by atoms with Gasteiger partial charge in [-0.3, -0.25) is 4.79 Å². The van der Waals surface area contributed by atoms with Gasteiger partial charge in [-0.15, -0.1) is 0 Å². The van der Waals surface area contributed by atoms with Gasteiger partial charge in [-0.1, -0.05) is 38.3 Å². The molecule has 1 amide bonds. The lowest BCUT2D eigenvalue weighted by atomic mass is 10.1. The lowest BCUT2D eigenvalue weighted by Crippen LogP contribution is -2.30. The maximum absolute atomic E-state index is 11.7. The van der Waals surface area contributed by atoms with E-state index < -0.39 is 0 Å². The second-order valence-corrected chi connectivity index (χ2v) is 4.75. The van der Waals surface area contributed by atoms with E-state index >= 15 is 0 Å². The van der Waals surface area contributed by atoms with Crippen LogP contribution >= 0.6 is 0 Å². The van der Waals surface area contributed by atoms with Crippen molar-refractivity contribution in [2.24, 2.45) is 0 Å². The van der Waals surface area contributed by atoms with Crippen molar-refractivity contribution >= 4 is 5.91 Å². The van der Waals surface area contributed by atoms with Gasteiger partial charge in [0, 0.05) is 19.5 Å². The van der Waals surface area contributed by atoms with Gasteiger partial charge in [0.2, 0.25) is 5.91 Å². The summed E-state index contributed by atoms with van der Waals surface area (Å²) in [6, 6.07) is 0. The summed E-state index contributed by atoms with van der Waals surface area (Å²) < 4.78 is 0. The number of unbranched alkanes of at least 4 members (excludes halogenated alkanes) is 5. The Morgan fingerprint density at radius 3 is 2.11 bits per heavy atom. The lowest BCUT2D eigenvalue weighted by molar-refractivity contribution is -0.130. The van der Waals surface area contributed by atoms with E-state index in [0.29, 0.717) is 5.91 Å². The van der Waals surface area contributed by atoms with E-state index in [1.54, 1.807) is 0 Å². The van der Waals surface area contributed by atoms with Gasteiger partial charge in [0.1, 0.15) is 0 Å². The predicted octanol–water partition coefficient (Wildman–Crippen LogP) is 4.55. The van der Waals surface area contributed by atoms with Crippen molar-refractivity contribution in [1.82, 2.24) is 4.90 Å². The molecule has 0 heterocycles. The molecule has 106 valence electrons. The van der Waals surface area contributed by atoms with E-state index in [1.165, 1.54) is 32.1 Å². The Kier molecular flexibility index (Phi) is 12.1. The summed E-state index contributed by atoms with van der Waals surface area (Å²) in [5.74, 6) is 0.325. The van der Waals surface area contributed by atoms with Crippen molar-refractivity contribution in [3.63, 3.8) is 0 Å². The molecule has 0 bridgehead atoms. The van der Waals surface area contributed by atoms with Gasteiger partial charge < -0.3 is 4.90 Å². The summed E-state index contributed by atoms with van der Waals surface area (Å²) in [4.78, 5) is 13.7. The molecule has 0 aliphatic rings. The van der Waals surface area contributed by atoms with E-state index in [0.717, 1.165) is 32.4 Å². The molecule has 0 atom stereocenters. The number of nitrogens with zero attached hydrogens (tertiary/aromatic N) is 1. The molecule has 0 radical (unpaired) electrons. The molecular weight excluding hydrogens is 222 g/mol. The van der Waals surface area contributed by atoms with Gasteiger partial charge in [0.05, 0.1) is 0 Å². The highest BCUT2D eigenvalue weighted by Crippen LogP contribution is 2.09. The zero-order valence-corrected chi connectivity index (χ0v) is 12.6. The third-order valence-electron chi connectivity index (χ3n) is 3.28. The van der Waals surface area contributed by atoms with E-state index in [2.05, 4.69) is 19.1 Å². The molecule has 0 rings (SSSR count). The number of amides is 1. The first-order valence-corrected chi connectivity index (χ1v) is 7.68. The minimum Gasteiger partial charge on any atom is -0.343 e. The van der Waals surface area contributed by atoms with Crippen LogP contribution in [0.2, 0.25) is 0 Å². The Balaban J connectivity index is 3.34. The van der Waals surface area contributed by atoms with E-state index in [9.17, 15) is 4.79 Å². The number of allylic oxidation sites excluding steroid dienone is 2. The highest BCUT2D eigenvalue weighted by molar-refractivity contribution is 5.75.